The highest BCUT2D eigenvalue weighted by Crippen LogP contribution is 2.46. The zero-order chi connectivity index (χ0) is 27.3. The van der Waals surface area contributed by atoms with Gasteiger partial charge in [-0.25, -0.2) is 4.79 Å². The molecule has 3 aromatic rings. The average Bonchev–Trinajstić information content (AvgIpc) is 2.90. The molecule has 0 bridgehead atoms. The molecule has 1 atom stereocenters. The molecule has 0 saturated heterocycles. The van der Waals surface area contributed by atoms with E-state index < -0.39 is 11.9 Å². The van der Waals surface area contributed by atoms with Gasteiger partial charge in [-0.3, -0.25) is 0 Å². The Morgan fingerprint density at radius 2 is 1.76 bits per heavy atom. The molecule has 0 radical (unpaired) electrons. The first kappa shape index (κ1) is 26.8. The molecule has 0 saturated carbocycles. The molecule has 0 amide bonds. The van der Waals surface area contributed by atoms with Gasteiger partial charge in [0.1, 0.15) is 28.9 Å². The lowest BCUT2D eigenvalue weighted by Gasteiger charge is -2.28. The maximum atomic E-state index is 12.8. The van der Waals surface area contributed by atoms with Crippen LogP contribution in [0, 0.1) is 11.3 Å². The van der Waals surface area contributed by atoms with Crippen LogP contribution in [0.5, 0.6) is 17.2 Å². The van der Waals surface area contributed by atoms with Crippen molar-refractivity contribution in [2.24, 2.45) is 5.73 Å². The number of hydrogen-bond donors (Lipinski definition) is 1. The quantitative estimate of drug-likeness (QED) is 0.199. The molecule has 1 aliphatic heterocycles. The van der Waals surface area contributed by atoms with Crippen molar-refractivity contribution in [2.45, 2.75) is 58.3 Å². The number of allylic oxidation sites excluding steroid dienone is 1. The number of carbonyl (C=O) groups is 1. The second-order valence-electron chi connectivity index (χ2n) is 10.4. The number of unbranched alkanes of at least 4 members (excludes halogenated alkanes) is 2. The summed E-state index contributed by atoms with van der Waals surface area (Å²) in [7, 11) is 0. The van der Waals surface area contributed by atoms with Gasteiger partial charge in [0.15, 0.2) is 0 Å². The molecule has 1 unspecified atom stereocenters. The minimum atomic E-state index is -0.471. The molecule has 6 heteroatoms. The maximum absolute atomic E-state index is 12.8. The fourth-order valence-corrected chi connectivity index (χ4v) is 4.48. The van der Waals surface area contributed by atoms with Gasteiger partial charge in [0.25, 0.3) is 0 Å². The van der Waals surface area contributed by atoms with Crippen LogP contribution in [0.3, 0.4) is 0 Å². The molecular weight excluding hydrogens is 476 g/mol. The van der Waals surface area contributed by atoms with Crippen molar-refractivity contribution in [2.75, 3.05) is 6.61 Å². The van der Waals surface area contributed by atoms with E-state index >= 15 is 0 Å². The number of nitrogens with zero attached hydrogens (tertiary/aromatic N) is 1. The Morgan fingerprint density at radius 3 is 2.45 bits per heavy atom. The zero-order valence-electron chi connectivity index (χ0n) is 22.4. The molecule has 3 aromatic carbocycles. The van der Waals surface area contributed by atoms with Crippen LogP contribution in [0.2, 0.25) is 0 Å². The van der Waals surface area contributed by atoms with E-state index in [0.29, 0.717) is 35.0 Å². The lowest BCUT2D eigenvalue weighted by atomic mass is 9.83. The normalized spacial score (nSPS) is 14.8. The van der Waals surface area contributed by atoms with Crippen molar-refractivity contribution in [3.63, 3.8) is 0 Å². The number of rotatable bonds is 8. The molecule has 2 N–H and O–H groups in total. The van der Waals surface area contributed by atoms with E-state index in [1.54, 1.807) is 24.3 Å². The van der Waals surface area contributed by atoms with Crippen molar-refractivity contribution in [1.29, 1.82) is 5.26 Å². The molecule has 1 heterocycles. The molecule has 4 rings (SSSR count). The van der Waals surface area contributed by atoms with Crippen LogP contribution in [-0.2, 0) is 5.41 Å². The third kappa shape index (κ3) is 5.84. The van der Waals surface area contributed by atoms with Crippen LogP contribution in [0.4, 0.5) is 0 Å². The van der Waals surface area contributed by atoms with Crippen molar-refractivity contribution in [3.8, 4) is 23.3 Å². The Labute approximate surface area is 224 Å². The molecule has 0 aliphatic carbocycles. The summed E-state index contributed by atoms with van der Waals surface area (Å²) in [6.45, 7) is 9.10. The van der Waals surface area contributed by atoms with Gasteiger partial charge in [0.2, 0.25) is 5.88 Å². The Balaban J connectivity index is 1.62. The van der Waals surface area contributed by atoms with Crippen LogP contribution in [0.15, 0.2) is 78.2 Å². The predicted octanol–water partition coefficient (Wildman–Crippen LogP) is 6.99. The predicted molar refractivity (Wildman–Crippen MR) is 147 cm³/mol. The summed E-state index contributed by atoms with van der Waals surface area (Å²) in [6.07, 6.45) is 3.14. The van der Waals surface area contributed by atoms with Crippen LogP contribution < -0.4 is 19.9 Å². The van der Waals surface area contributed by atoms with Crippen LogP contribution in [-0.4, -0.2) is 12.6 Å². The van der Waals surface area contributed by atoms with Crippen molar-refractivity contribution >= 4 is 5.97 Å². The van der Waals surface area contributed by atoms with Gasteiger partial charge in [-0.05, 0) is 41.7 Å². The smallest absolute Gasteiger partial charge is 0.343 e. The summed E-state index contributed by atoms with van der Waals surface area (Å²) in [4.78, 5) is 12.8. The third-order valence-electron chi connectivity index (χ3n) is 6.62. The molecular formula is C32H34N2O4. The number of benzene rings is 3. The summed E-state index contributed by atoms with van der Waals surface area (Å²) in [5.41, 5.74) is 9.66. The number of ether oxygens (including phenoxy) is 3. The second-order valence-corrected chi connectivity index (χ2v) is 10.4. The summed E-state index contributed by atoms with van der Waals surface area (Å²) in [6, 6.07) is 22.5. The average molecular weight is 511 g/mol. The first-order valence-electron chi connectivity index (χ1n) is 13.0. The van der Waals surface area contributed by atoms with Gasteiger partial charge in [0, 0.05) is 17.2 Å². The molecule has 0 spiro atoms. The Hall–Kier alpha value is -4.24. The number of carbonyl (C=O) groups excluding carboxylic acids is 1. The van der Waals surface area contributed by atoms with Crippen molar-refractivity contribution in [1.82, 2.24) is 0 Å². The fraction of sp³-hybridized carbons (Fsp3) is 0.312. The number of fused-ring (bicyclic) bond motifs is 1. The summed E-state index contributed by atoms with van der Waals surface area (Å²) in [5, 5.41) is 9.95. The minimum Gasteiger partial charge on any atom is -0.493 e. The van der Waals surface area contributed by atoms with E-state index in [2.05, 4.69) is 33.8 Å². The van der Waals surface area contributed by atoms with Crippen molar-refractivity contribution in [3.05, 3.63) is 100 Å². The fourth-order valence-electron chi connectivity index (χ4n) is 4.48. The molecule has 1 aliphatic rings. The van der Waals surface area contributed by atoms with Gasteiger partial charge >= 0.3 is 5.97 Å². The molecule has 196 valence electrons. The number of esters is 1. The lowest BCUT2D eigenvalue weighted by Crippen LogP contribution is -2.21. The Bertz CT molecular complexity index is 1380. The van der Waals surface area contributed by atoms with Crippen LogP contribution in [0.25, 0.3) is 0 Å². The van der Waals surface area contributed by atoms with Gasteiger partial charge in [-0.2, -0.15) is 5.26 Å². The number of nitriles is 1. The minimum absolute atomic E-state index is 0.0102. The SMILES string of the molecule is CCCCCOc1ccccc1C1C(C#N)=C(N)Oc2cc(OC(=O)c3ccc(C(C)(C)C)cc3)ccc21. The van der Waals surface area contributed by atoms with E-state index in [1.807, 2.05) is 42.5 Å². The van der Waals surface area contributed by atoms with Gasteiger partial charge in [-0.1, -0.05) is 76.9 Å². The summed E-state index contributed by atoms with van der Waals surface area (Å²) < 4.78 is 17.6. The van der Waals surface area contributed by atoms with E-state index in [1.165, 1.54) is 0 Å². The van der Waals surface area contributed by atoms with Crippen LogP contribution >= 0.6 is 0 Å². The highest BCUT2D eigenvalue weighted by atomic mass is 16.5. The number of nitrogens with two attached hydrogens (primary N) is 1. The third-order valence-corrected chi connectivity index (χ3v) is 6.62. The molecule has 6 nitrogen and oxygen atoms in total. The largest absolute Gasteiger partial charge is 0.493 e. The van der Waals surface area contributed by atoms with Gasteiger partial charge in [0.05, 0.1) is 18.1 Å². The van der Waals surface area contributed by atoms with E-state index in [4.69, 9.17) is 19.9 Å². The van der Waals surface area contributed by atoms with E-state index in [0.717, 1.165) is 36.0 Å². The number of hydrogen-bond acceptors (Lipinski definition) is 6. The van der Waals surface area contributed by atoms with Crippen molar-refractivity contribution < 1.29 is 19.0 Å². The topological polar surface area (TPSA) is 94.6 Å². The highest BCUT2D eigenvalue weighted by molar-refractivity contribution is 5.91. The standard InChI is InChI=1S/C32H34N2O4/c1-5-6-9-18-36-27-11-8-7-10-24(27)29-25-17-16-23(19-28(25)38-30(34)26(29)20-33)37-31(35)21-12-14-22(15-13-21)32(2,3)4/h7-8,10-17,19,29H,5-6,9,18,34H2,1-4H3. The number of para-hydroxylation sites is 1. The zero-order valence-corrected chi connectivity index (χ0v) is 22.4. The van der Waals surface area contributed by atoms with Crippen LogP contribution in [0.1, 0.15) is 79.9 Å². The van der Waals surface area contributed by atoms with Gasteiger partial charge in [-0.15, -0.1) is 0 Å². The summed E-state index contributed by atoms with van der Waals surface area (Å²) in [5.74, 6) is 0.541. The lowest BCUT2D eigenvalue weighted by molar-refractivity contribution is 0.0734. The maximum Gasteiger partial charge on any atom is 0.343 e. The first-order chi connectivity index (χ1) is 18.2. The monoisotopic (exact) mass is 510 g/mol. The molecule has 38 heavy (non-hydrogen) atoms. The molecule has 0 aromatic heterocycles. The second kappa shape index (κ2) is 11.4. The Morgan fingerprint density at radius 1 is 1.03 bits per heavy atom. The first-order valence-corrected chi connectivity index (χ1v) is 13.0. The Kier molecular flexibility index (Phi) is 8.07. The molecule has 0 fully saturated rings. The highest BCUT2D eigenvalue weighted by Gasteiger charge is 2.33. The van der Waals surface area contributed by atoms with E-state index in [9.17, 15) is 10.1 Å². The summed E-state index contributed by atoms with van der Waals surface area (Å²) >= 11 is 0. The van der Waals surface area contributed by atoms with Gasteiger partial charge < -0.3 is 19.9 Å². The van der Waals surface area contributed by atoms with E-state index in [-0.39, 0.29) is 11.3 Å².